The van der Waals surface area contributed by atoms with Gasteiger partial charge in [0, 0.05) is 38.1 Å². The number of nitrogens with one attached hydrogen (secondary N) is 1. The first-order valence-electron chi connectivity index (χ1n) is 12.2. The molecule has 4 heterocycles. The molecule has 0 radical (unpaired) electrons. The largest absolute Gasteiger partial charge is 0.573 e. The number of amidine groups is 1. The number of halogens is 3. The number of piperidine rings is 1. The SMILES string of the molecule is N#CC1(c2ccc(OC(F)(F)F)cc2)CCN(c2ccc(CNC3CN=C4O[C@H]([N+](=O)[O-])C=CN43)cn2)CC1. The lowest BCUT2D eigenvalue weighted by Gasteiger charge is -2.38. The van der Waals surface area contributed by atoms with Crippen molar-refractivity contribution in [3.8, 4) is 11.8 Å². The van der Waals surface area contributed by atoms with Crippen LogP contribution in [0, 0.1) is 21.4 Å². The number of hydrogen-bond acceptors (Lipinski definition) is 10. The van der Waals surface area contributed by atoms with Crippen LogP contribution < -0.4 is 15.0 Å². The first kappa shape index (κ1) is 26.2. The first-order chi connectivity index (χ1) is 18.7. The van der Waals surface area contributed by atoms with Crippen molar-refractivity contribution in [3.05, 3.63) is 76.1 Å². The van der Waals surface area contributed by atoms with E-state index >= 15 is 0 Å². The van der Waals surface area contributed by atoms with Crippen LogP contribution in [0.15, 0.2) is 59.9 Å². The lowest BCUT2D eigenvalue weighted by atomic mass is 9.74. The van der Waals surface area contributed by atoms with Gasteiger partial charge in [0.05, 0.1) is 23.0 Å². The van der Waals surface area contributed by atoms with E-state index in [0.717, 1.165) is 11.4 Å². The van der Waals surface area contributed by atoms with Crippen LogP contribution >= 0.6 is 0 Å². The van der Waals surface area contributed by atoms with E-state index in [0.29, 0.717) is 44.6 Å². The number of nitro groups is 1. The second kappa shape index (κ2) is 10.4. The molecule has 0 amide bonds. The van der Waals surface area contributed by atoms with E-state index in [2.05, 4.69) is 31.0 Å². The van der Waals surface area contributed by atoms with E-state index in [1.165, 1.54) is 30.3 Å². The second-order valence-electron chi connectivity index (χ2n) is 9.34. The lowest BCUT2D eigenvalue weighted by molar-refractivity contribution is -0.552. The smallest absolute Gasteiger partial charge is 0.406 e. The van der Waals surface area contributed by atoms with Crippen molar-refractivity contribution in [3.63, 3.8) is 0 Å². The Morgan fingerprint density at radius 1 is 1.23 bits per heavy atom. The van der Waals surface area contributed by atoms with E-state index in [-0.39, 0.29) is 17.9 Å². The third-order valence-corrected chi connectivity index (χ3v) is 6.95. The molecular weight excluding hydrogens is 519 g/mol. The van der Waals surface area contributed by atoms with Crippen molar-refractivity contribution >= 4 is 11.8 Å². The number of benzene rings is 1. The monoisotopic (exact) mass is 543 g/mol. The van der Waals surface area contributed by atoms with Crippen molar-refractivity contribution in [1.82, 2.24) is 15.2 Å². The predicted octanol–water partition coefficient (Wildman–Crippen LogP) is 3.28. The molecule has 1 N–H and O–H groups in total. The van der Waals surface area contributed by atoms with Crippen molar-refractivity contribution < 1.29 is 27.6 Å². The summed E-state index contributed by atoms with van der Waals surface area (Å²) in [4.78, 5) is 23.0. The molecule has 14 heteroatoms. The zero-order valence-electron chi connectivity index (χ0n) is 20.5. The molecule has 1 aromatic heterocycles. The average molecular weight is 544 g/mol. The molecule has 5 rings (SSSR count). The van der Waals surface area contributed by atoms with Crippen LogP contribution in [0.2, 0.25) is 0 Å². The molecule has 1 aromatic carbocycles. The Bertz CT molecular complexity index is 1300. The van der Waals surface area contributed by atoms with Crippen molar-refractivity contribution in [2.45, 2.75) is 43.6 Å². The summed E-state index contributed by atoms with van der Waals surface area (Å²) in [6, 6.07) is 12.0. The fourth-order valence-corrected chi connectivity index (χ4v) is 4.83. The number of pyridine rings is 1. The minimum atomic E-state index is -4.77. The van der Waals surface area contributed by atoms with Gasteiger partial charge in [-0.2, -0.15) is 5.26 Å². The van der Waals surface area contributed by atoms with E-state index in [1.54, 1.807) is 17.3 Å². The summed E-state index contributed by atoms with van der Waals surface area (Å²) in [7, 11) is 0. The maximum atomic E-state index is 12.5. The van der Waals surface area contributed by atoms with Crippen LogP contribution in [0.4, 0.5) is 19.0 Å². The number of aliphatic imine (C=N–C) groups is 1. The minimum Gasteiger partial charge on any atom is -0.406 e. The van der Waals surface area contributed by atoms with Crippen LogP contribution in [0.5, 0.6) is 5.75 Å². The Kier molecular flexibility index (Phi) is 7.00. The molecule has 2 atom stereocenters. The molecular formula is C25H24F3N7O4. The van der Waals surface area contributed by atoms with Crippen molar-refractivity contribution in [1.29, 1.82) is 5.26 Å². The fraction of sp³-hybridized carbons (Fsp3) is 0.400. The Morgan fingerprint density at radius 2 is 1.97 bits per heavy atom. The molecule has 0 spiro atoms. The molecule has 3 aliphatic rings. The second-order valence-corrected chi connectivity index (χ2v) is 9.34. The van der Waals surface area contributed by atoms with Crippen LogP contribution in [-0.4, -0.2) is 59.2 Å². The Hall–Kier alpha value is -4.38. The lowest BCUT2D eigenvalue weighted by Crippen LogP contribution is -2.46. The van der Waals surface area contributed by atoms with Gasteiger partial charge < -0.3 is 14.4 Å². The number of hydrogen-bond donors (Lipinski definition) is 1. The van der Waals surface area contributed by atoms with Crippen molar-refractivity contribution in [2.24, 2.45) is 4.99 Å². The van der Waals surface area contributed by atoms with Crippen LogP contribution in [0.3, 0.4) is 0 Å². The molecule has 39 heavy (non-hydrogen) atoms. The Balaban J connectivity index is 1.14. The summed E-state index contributed by atoms with van der Waals surface area (Å²) in [6.45, 7) is 2.01. The molecule has 11 nitrogen and oxygen atoms in total. The molecule has 2 aromatic rings. The van der Waals surface area contributed by atoms with Gasteiger partial charge in [-0.05, 0) is 42.2 Å². The third-order valence-electron chi connectivity index (χ3n) is 6.95. The summed E-state index contributed by atoms with van der Waals surface area (Å²) in [5, 5.41) is 24.2. The maximum Gasteiger partial charge on any atom is 0.573 e. The topological polar surface area (TPSA) is 129 Å². The molecule has 1 saturated heterocycles. The van der Waals surface area contributed by atoms with Gasteiger partial charge in [-0.25, -0.2) is 9.98 Å². The van der Waals surface area contributed by atoms with Gasteiger partial charge in [-0.15, -0.1) is 13.2 Å². The third kappa shape index (κ3) is 5.73. The van der Waals surface area contributed by atoms with Crippen LogP contribution in [0.1, 0.15) is 24.0 Å². The quantitative estimate of drug-likeness (QED) is 0.413. The van der Waals surface area contributed by atoms with Crippen molar-refractivity contribution in [2.75, 3.05) is 24.5 Å². The van der Waals surface area contributed by atoms with Gasteiger partial charge in [0.1, 0.15) is 17.7 Å². The fourth-order valence-electron chi connectivity index (χ4n) is 4.83. The highest BCUT2D eigenvalue weighted by molar-refractivity contribution is 5.78. The molecule has 3 aliphatic heterocycles. The zero-order valence-corrected chi connectivity index (χ0v) is 20.5. The number of fused-ring (bicyclic) bond motifs is 1. The number of nitriles is 1. The number of rotatable bonds is 7. The van der Waals surface area contributed by atoms with Gasteiger partial charge >= 0.3 is 12.6 Å². The van der Waals surface area contributed by atoms with Gasteiger partial charge in [0.2, 0.25) is 0 Å². The summed E-state index contributed by atoms with van der Waals surface area (Å²) >= 11 is 0. The molecule has 0 bridgehead atoms. The Morgan fingerprint density at radius 3 is 2.59 bits per heavy atom. The maximum absolute atomic E-state index is 12.5. The number of ether oxygens (including phenoxy) is 2. The van der Waals surface area contributed by atoms with Crippen LogP contribution in [0.25, 0.3) is 0 Å². The van der Waals surface area contributed by atoms with E-state index in [4.69, 9.17) is 4.74 Å². The normalized spacial score (nSPS) is 21.9. The highest BCUT2D eigenvalue weighted by Crippen LogP contribution is 2.37. The standard InChI is InChI=1S/C25H24F3N7O4/c26-25(27,28)39-19-4-2-18(3-5-19)24(16-29)8-11-33(12-9-24)20-6-1-17(13-30-20)14-31-21-15-32-23-34(21)10-7-22(38-23)35(36)37/h1-7,10,13,21-22,31H,8-9,11-12,14-15H2/t21?,22-/m0/s1. The van der Waals surface area contributed by atoms with Gasteiger partial charge in [0.25, 0.3) is 6.02 Å². The summed E-state index contributed by atoms with van der Waals surface area (Å²) in [6.07, 6.45) is -0.466. The predicted molar refractivity (Wildman–Crippen MR) is 132 cm³/mol. The Labute approximate surface area is 221 Å². The first-order valence-corrected chi connectivity index (χ1v) is 12.2. The highest BCUT2D eigenvalue weighted by Gasteiger charge is 2.38. The van der Waals surface area contributed by atoms with Gasteiger partial charge in [0.15, 0.2) is 0 Å². The van der Waals surface area contributed by atoms with Gasteiger partial charge in [-0.1, -0.05) is 18.2 Å². The summed E-state index contributed by atoms with van der Waals surface area (Å²) < 4.78 is 46.6. The van der Waals surface area contributed by atoms with E-state index in [1.807, 2.05) is 12.1 Å². The summed E-state index contributed by atoms with van der Waals surface area (Å²) in [5.41, 5.74) is 0.795. The number of alkyl halides is 3. The molecule has 204 valence electrons. The summed E-state index contributed by atoms with van der Waals surface area (Å²) in [5.74, 6) is 0.449. The van der Waals surface area contributed by atoms with Gasteiger partial charge in [-0.3, -0.25) is 20.3 Å². The van der Waals surface area contributed by atoms with E-state index < -0.39 is 22.9 Å². The number of aromatic nitrogens is 1. The molecule has 1 fully saturated rings. The zero-order chi connectivity index (χ0) is 27.6. The number of anilines is 1. The highest BCUT2D eigenvalue weighted by atomic mass is 19.4. The van der Waals surface area contributed by atoms with Crippen LogP contribution in [-0.2, 0) is 16.7 Å². The molecule has 0 aliphatic carbocycles. The average Bonchev–Trinajstić information content (AvgIpc) is 3.34. The number of nitrogens with zero attached hydrogens (tertiary/aromatic N) is 6. The molecule has 0 saturated carbocycles. The van der Waals surface area contributed by atoms with E-state index in [9.17, 15) is 28.5 Å². The molecule has 1 unspecified atom stereocenters. The minimum absolute atomic E-state index is 0.195.